The average molecular weight is 283 g/mol. The Hall–Kier alpha value is -2.09. The molecule has 0 spiro atoms. The van der Waals surface area contributed by atoms with Gasteiger partial charge in [-0.25, -0.2) is 0 Å². The first-order valence-electron chi connectivity index (χ1n) is 6.19. The van der Waals surface area contributed by atoms with Gasteiger partial charge in [0.2, 0.25) is 0 Å². The molecular weight excluding hydrogens is 268 g/mol. The van der Waals surface area contributed by atoms with Crippen LogP contribution in [0, 0.1) is 0 Å². The van der Waals surface area contributed by atoms with E-state index < -0.39 is 6.61 Å². The third-order valence-electron chi connectivity index (χ3n) is 2.70. The highest BCUT2D eigenvalue weighted by molar-refractivity contribution is 5.46. The summed E-state index contributed by atoms with van der Waals surface area (Å²) in [5.41, 5.74) is 0.373. The molecule has 0 saturated heterocycles. The van der Waals surface area contributed by atoms with Crippen LogP contribution in [0.2, 0.25) is 0 Å². The second-order valence-electron chi connectivity index (χ2n) is 4.07. The number of aromatic nitrogens is 4. The van der Waals surface area contributed by atoms with Crippen molar-refractivity contribution >= 4 is 0 Å². The first-order chi connectivity index (χ1) is 9.63. The second-order valence-corrected chi connectivity index (χ2v) is 4.07. The zero-order chi connectivity index (χ0) is 14.5. The number of halogens is 2. The number of rotatable bonds is 6. The van der Waals surface area contributed by atoms with Crippen LogP contribution in [0.25, 0.3) is 5.69 Å². The van der Waals surface area contributed by atoms with Gasteiger partial charge in [-0.05, 0) is 36.0 Å². The molecule has 1 unspecified atom stereocenters. The molecule has 1 aromatic carbocycles. The van der Waals surface area contributed by atoms with Gasteiger partial charge in [-0.15, -0.1) is 5.10 Å². The molecule has 0 aliphatic heterocycles. The summed E-state index contributed by atoms with van der Waals surface area (Å²) in [5.74, 6) is 0.553. The number of benzene rings is 1. The van der Waals surface area contributed by atoms with Gasteiger partial charge in [0.05, 0.1) is 6.04 Å². The molecule has 0 saturated carbocycles. The van der Waals surface area contributed by atoms with Crippen LogP contribution in [-0.4, -0.2) is 33.4 Å². The normalized spacial score (nSPS) is 12.7. The van der Waals surface area contributed by atoms with Crippen molar-refractivity contribution in [2.45, 2.75) is 26.5 Å². The van der Waals surface area contributed by atoms with E-state index >= 15 is 0 Å². The maximum atomic E-state index is 12.4. The third kappa shape index (κ3) is 3.08. The Balaban J connectivity index is 2.39. The molecule has 0 radical (unpaired) electrons. The van der Waals surface area contributed by atoms with E-state index in [0.717, 1.165) is 6.54 Å². The topological polar surface area (TPSA) is 64.9 Å². The fourth-order valence-electron chi connectivity index (χ4n) is 1.86. The number of nitrogens with zero attached hydrogens (tertiary/aromatic N) is 4. The Bertz CT molecular complexity index is 560. The minimum atomic E-state index is -2.90. The van der Waals surface area contributed by atoms with Gasteiger partial charge in [-0.1, -0.05) is 19.1 Å². The molecule has 0 aliphatic rings. The summed E-state index contributed by atoms with van der Waals surface area (Å²) in [5, 5.41) is 14.5. The van der Waals surface area contributed by atoms with Crippen LogP contribution in [0.1, 0.15) is 25.7 Å². The monoisotopic (exact) mass is 283 g/mol. The van der Waals surface area contributed by atoms with E-state index in [1.54, 1.807) is 18.2 Å². The van der Waals surface area contributed by atoms with E-state index in [2.05, 4.69) is 25.6 Å². The predicted octanol–water partition coefficient (Wildman–Crippen LogP) is 1.93. The molecule has 1 aromatic heterocycles. The van der Waals surface area contributed by atoms with Gasteiger partial charge in [0.15, 0.2) is 11.6 Å². The Morgan fingerprint density at radius 2 is 2.10 bits per heavy atom. The van der Waals surface area contributed by atoms with E-state index in [9.17, 15) is 8.78 Å². The van der Waals surface area contributed by atoms with Gasteiger partial charge in [0, 0.05) is 0 Å². The number of nitrogens with one attached hydrogen (secondary N) is 1. The largest absolute Gasteiger partial charge is 0.433 e. The lowest BCUT2D eigenvalue weighted by molar-refractivity contribution is -0.0499. The predicted molar refractivity (Wildman–Crippen MR) is 67.9 cm³/mol. The van der Waals surface area contributed by atoms with Gasteiger partial charge in [0.25, 0.3) is 0 Å². The minimum absolute atomic E-state index is 0.0275. The number of ether oxygens (including phenoxy) is 1. The first-order valence-corrected chi connectivity index (χ1v) is 6.19. The molecule has 0 aliphatic carbocycles. The van der Waals surface area contributed by atoms with Crippen molar-refractivity contribution in [2.24, 2.45) is 0 Å². The van der Waals surface area contributed by atoms with E-state index in [0.29, 0.717) is 11.5 Å². The van der Waals surface area contributed by atoms with Crippen LogP contribution in [0.3, 0.4) is 0 Å². The molecule has 8 heteroatoms. The third-order valence-corrected chi connectivity index (χ3v) is 2.70. The summed E-state index contributed by atoms with van der Waals surface area (Å²) in [6.07, 6.45) is 0. The van der Waals surface area contributed by atoms with Crippen LogP contribution in [-0.2, 0) is 0 Å². The summed E-state index contributed by atoms with van der Waals surface area (Å²) in [4.78, 5) is 0. The van der Waals surface area contributed by atoms with Crippen LogP contribution in [0.4, 0.5) is 8.78 Å². The molecule has 2 rings (SSSR count). The second kappa shape index (κ2) is 6.38. The Labute approximate surface area is 114 Å². The fraction of sp³-hybridized carbons (Fsp3) is 0.417. The van der Waals surface area contributed by atoms with Crippen LogP contribution < -0.4 is 10.1 Å². The summed E-state index contributed by atoms with van der Waals surface area (Å²) in [6.45, 7) is 1.69. The van der Waals surface area contributed by atoms with Gasteiger partial charge in [0.1, 0.15) is 5.69 Å². The van der Waals surface area contributed by atoms with Crippen LogP contribution >= 0.6 is 0 Å². The molecule has 0 bridgehead atoms. The van der Waals surface area contributed by atoms with E-state index in [-0.39, 0.29) is 11.8 Å². The average Bonchev–Trinajstić information content (AvgIpc) is 2.88. The Morgan fingerprint density at radius 1 is 1.35 bits per heavy atom. The van der Waals surface area contributed by atoms with Crippen molar-refractivity contribution in [3.05, 3.63) is 30.1 Å². The van der Waals surface area contributed by atoms with Gasteiger partial charge >= 0.3 is 6.61 Å². The number of hydrogen-bond acceptors (Lipinski definition) is 5. The Morgan fingerprint density at radius 3 is 2.80 bits per heavy atom. The maximum Gasteiger partial charge on any atom is 0.387 e. The zero-order valence-electron chi connectivity index (χ0n) is 11.1. The summed E-state index contributed by atoms with van der Waals surface area (Å²) < 4.78 is 30.7. The molecule has 108 valence electrons. The smallest absolute Gasteiger partial charge is 0.387 e. The maximum absolute atomic E-state index is 12.4. The standard InChI is InChI=1S/C12H15F2N5O/c1-3-15-8(2)11-16-17-18-19(11)9-6-4-5-7-10(9)20-12(13)14/h4-8,12,15H,3H2,1-2H3. The van der Waals surface area contributed by atoms with Crippen LogP contribution in [0.15, 0.2) is 24.3 Å². The van der Waals surface area contributed by atoms with Crippen molar-refractivity contribution < 1.29 is 13.5 Å². The number of para-hydroxylation sites is 2. The summed E-state index contributed by atoms with van der Waals surface area (Å²) in [6, 6.07) is 6.27. The number of tetrazole rings is 1. The lowest BCUT2D eigenvalue weighted by atomic mass is 10.2. The van der Waals surface area contributed by atoms with E-state index in [1.807, 2.05) is 13.8 Å². The molecule has 1 heterocycles. The SMILES string of the molecule is CCNC(C)c1nnnn1-c1ccccc1OC(F)F. The highest BCUT2D eigenvalue weighted by atomic mass is 19.3. The molecule has 1 N–H and O–H groups in total. The lowest BCUT2D eigenvalue weighted by Crippen LogP contribution is -2.22. The van der Waals surface area contributed by atoms with E-state index in [4.69, 9.17) is 0 Å². The van der Waals surface area contributed by atoms with Gasteiger partial charge in [-0.2, -0.15) is 13.5 Å². The molecule has 2 aromatic rings. The molecule has 20 heavy (non-hydrogen) atoms. The quantitative estimate of drug-likeness (QED) is 0.877. The zero-order valence-corrected chi connectivity index (χ0v) is 11.1. The molecule has 0 fully saturated rings. The fourth-order valence-corrected chi connectivity index (χ4v) is 1.86. The highest BCUT2D eigenvalue weighted by Crippen LogP contribution is 2.25. The Kier molecular flexibility index (Phi) is 4.57. The minimum Gasteiger partial charge on any atom is -0.433 e. The van der Waals surface area contributed by atoms with Crippen molar-refractivity contribution in [2.75, 3.05) is 6.54 Å². The van der Waals surface area contributed by atoms with Gasteiger partial charge < -0.3 is 10.1 Å². The van der Waals surface area contributed by atoms with Crippen molar-refractivity contribution in [3.8, 4) is 11.4 Å². The molecule has 6 nitrogen and oxygen atoms in total. The summed E-state index contributed by atoms with van der Waals surface area (Å²) >= 11 is 0. The van der Waals surface area contributed by atoms with Gasteiger partial charge in [-0.3, -0.25) is 0 Å². The highest BCUT2D eigenvalue weighted by Gasteiger charge is 2.18. The van der Waals surface area contributed by atoms with Crippen LogP contribution in [0.5, 0.6) is 5.75 Å². The van der Waals surface area contributed by atoms with Crippen molar-refractivity contribution in [3.63, 3.8) is 0 Å². The molecule has 1 atom stereocenters. The molecular formula is C12H15F2N5O. The first kappa shape index (κ1) is 14.3. The van der Waals surface area contributed by atoms with E-state index in [1.165, 1.54) is 10.7 Å². The lowest BCUT2D eigenvalue weighted by Gasteiger charge is -2.14. The number of hydrogen-bond donors (Lipinski definition) is 1. The van der Waals surface area contributed by atoms with Crippen molar-refractivity contribution in [1.82, 2.24) is 25.5 Å². The van der Waals surface area contributed by atoms with Crippen molar-refractivity contribution in [1.29, 1.82) is 0 Å². The summed E-state index contributed by atoms with van der Waals surface area (Å²) in [7, 11) is 0. The molecule has 0 amide bonds. The number of alkyl halides is 2.